The van der Waals surface area contributed by atoms with Gasteiger partial charge in [0.25, 0.3) is 0 Å². The fourth-order valence-corrected chi connectivity index (χ4v) is 3.66. The van der Waals surface area contributed by atoms with Crippen LogP contribution >= 0.6 is 11.3 Å². The Bertz CT molecular complexity index is 1250. The lowest BCUT2D eigenvalue weighted by atomic mass is 10.2. The molecule has 0 spiro atoms. The summed E-state index contributed by atoms with van der Waals surface area (Å²) in [7, 11) is 3.19. The van der Waals surface area contributed by atoms with Crippen molar-refractivity contribution in [1.29, 1.82) is 0 Å². The SMILES string of the molecule is COc1ccc(-c2csc(-n3[nH]c(C)c(N=Nc4ccccc4OC)c3=O)n2)cc1. The van der Waals surface area contributed by atoms with Crippen molar-refractivity contribution in [3.05, 3.63) is 70.0 Å². The fraction of sp³-hybridized carbons (Fsp3) is 0.143. The molecule has 4 aromatic rings. The van der Waals surface area contributed by atoms with Crippen LogP contribution in [0.2, 0.25) is 0 Å². The van der Waals surface area contributed by atoms with E-state index in [1.165, 1.54) is 16.0 Å². The second kappa shape index (κ2) is 8.34. The third-order valence-electron chi connectivity index (χ3n) is 4.45. The zero-order chi connectivity index (χ0) is 21.1. The molecule has 0 aliphatic rings. The molecular weight excluding hydrogens is 402 g/mol. The monoisotopic (exact) mass is 421 g/mol. The molecule has 0 unspecified atom stereocenters. The molecule has 8 nitrogen and oxygen atoms in total. The van der Waals surface area contributed by atoms with E-state index in [1.807, 2.05) is 41.8 Å². The maximum atomic E-state index is 12.9. The number of hydrogen-bond donors (Lipinski definition) is 1. The van der Waals surface area contributed by atoms with Crippen LogP contribution in [0.5, 0.6) is 11.5 Å². The first-order valence-electron chi connectivity index (χ1n) is 9.07. The minimum atomic E-state index is -0.318. The highest BCUT2D eigenvalue weighted by Crippen LogP contribution is 2.29. The molecule has 2 heterocycles. The first kappa shape index (κ1) is 19.6. The molecule has 0 aliphatic carbocycles. The van der Waals surface area contributed by atoms with Crippen LogP contribution in [0, 0.1) is 6.92 Å². The Balaban J connectivity index is 1.65. The van der Waals surface area contributed by atoms with Gasteiger partial charge in [0.1, 0.15) is 17.2 Å². The highest BCUT2D eigenvalue weighted by Gasteiger charge is 2.15. The van der Waals surface area contributed by atoms with Crippen molar-refractivity contribution in [3.63, 3.8) is 0 Å². The lowest BCUT2D eigenvalue weighted by molar-refractivity contribution is 0.415. The van der Waals surface area contributed by atoms with Gasteiger partial charge in [0.05, 0.1) is 25.6 Å². The number of nitrogens with one attached hydrogen (secondary N) is 1. The normalized spacial score (nSPS) is 11.2. The van der Waals surface area contributed by atoms with E-state index >= 15 is 0 Å². The van der Waals surface area contributed by atoms with Crippen LogP contribution in [0.15, 0.2) is 68.9 Å². The molecule has 1 N–H and O–H groups in total. The van der Waals surface area contributed by atoms with Gasteiger partial charge in [-0.15, -0.1) is 21.6 Å². The summed E-state index contributed by atoms with van der Waals surface area (Å²) < 4.78 is 11.8. The van der Waals surface area contributed by atoms with Crippen molar-refractivity contribution in [2.24, 2.45) is 10.2 Å². The summed E-state index contributed by atoms with van der Waals surface area (Å²) >= 11 is 1.36. The summed E-state index contributed by atoms with van der Waals surface area (Å²) in [6.45, 7) is 1.77. The van der Waals surface area contributed by atoms with Crippen LogP contribution in [0.3, 0.4) is 0 Å². The number of aryl methyl sites for hydroxylation is 1. The van der Waals surface area contributed by atoms with Crippen molar-refractivity contribution in [1.82, 2.24) is 14.8 Å². The first-order chi connectivity index (χ1) is 14.6. The average molecular weight is 421 g/mol. The standard InChI is InChI=1S/C21H19N5O3S/c1-13-19(24-23-16-6-4-5-7-18(16)29-3)20(27)26(25-13)21-22-17(12-30-21)14-8-10-15(28-2)11-9-14/h4-12,25H,1-3H3. The molecule has 0 fully saturated rings. The molecule has 0 amide bonds. The van der Waals surface area contributed by atoms with E-state index in [0.29, 0.717) is 22.3 Å². The third-order valence-corrected chi connectivity index (χ3v) is 5.28. The number of ether oxygens (including phenoxy) is 2. The summed E-state index contributed by atoms with van der Waals surface area (Å²) in [6.07, 6.45) is 0. The molecule has 152 valence electrons. The van der Waals surface area contributed by atoms with Crippen LogP contribution in [0.25, 0.3) is 16.4 Å². The van der Waals surface area contributed by atoms with Gasteiger partial charge in [-0.05, 0) is 43.3 Å². The summed E-state index contributed by atoms with van der Waals surface area (Å²) in [5, 5.41) is 13.8. The summed E-state index contributed by atoms with van der Waals surface area (Å²) in [5.41, 5.74) is 2.76. The van der Waals surface area contributed by atoms with Crippen LogP contribution in [-0.4, -0.2) is 29.0 Å². The number of aromatic amines is 1. The predicted octanol–water partition coefficient (Wildman–Crippen LogP) is 5.03. The van der Waals surface area contributed by atoms with Gasteiger partial charge in [-0.1, -0.05) is 12.1 Å². The van der Waals surface area contributed by atoms with Crippen LogP contribution in [-0.2, 0) is 0 Å². The lowest BCUT2D eigenvalue weighted by Crippen LogP contribution is -2.13. The third kappa shape index (κ3) is 3.74. The Labute approximate surface area is 176 Å². The molecular formula is C21H19N5O3S. The Morgan fingerprint density at radius 1 is 1.03 bits per heavy atom. The van der Waals surface area contributed by atoms with E-state index < -0.39 is 0 Å². The summed E-state index contributed by atoms with van der Waals surface area (Å²) in [5.74, 6) is 1.36. The zero-order valence-corrected chi connectivity index (χ0v) is 17.4. The average Bonchev–Trinajstić information content (AvgIpc) is 3.37. The van der Waals surface area contributed by atoms with Crippen molar-refractivity contribution in [2.45, 2.75) is 6.92 Å². The van der Waals surface area contributed by atoms with Crippen molar-refractivity contribution in [2.75, 3.05) is 14.2 Å². The van der Waals surface area contributed by atoms with Crippen LogP contribution < -0.4 is 15.0 Å². The molecule has 2 aromatic heterocycles. The van der Waals surface area contributed by atoms with Crippen molar-refractivity contribution >= 4 is 22.7 Å². The number of hydrogen-bond acceptors (Lipinski definition) is 7. The molecule has 4 rings (SSSR count). The van der Waals surface area contributed by atoms with Gasteiger partial charge in [-0.3, -0.25) is 9.89 Å². The van der Waals surface area contributed by atoms with Gasteiger partial charge in [0.15, 0.2) is 5.69 Å². The van der Waals surface area contributed by atoms with Gasteiger partial charge >= 0.3 is 5.56 Å². The Morgan fingerprint density at radius 3 is 2.53 bits per heavy atom. The number of rotatable bonds is 6. The number of azo groups is 1. The topological polar surface area (TPSA) is 93.9 Å². The quantitative estimate of drug-likeness (QED) is 0.442. The number of aromatic nitrogens is 3. The molecule has 0 saturated carbocycles. The maximum Gasteiger partial charge on any atom is 0.301 e. The highest BCUT2D eigenvalue weighted by atomic mass is 32.1. The Kier molecular flexibility index (Phi) is 5.44. The summed E-state index contributed by atoms with van der Waals surface area (Å²) in [6, 6.07) is 14.8. The second-order valence-electron chi connectivity index (χ2n) is 6.34. The predicted molar refractivity (Wildman–Crippen MR) is 116 cm³/mol. The van der Waals surface area contributed by atoms with E-state index in [9.17, 15) is 4.79 Å². The van der Waals surface area contributed by atoms with Crippen molar-refractivity contribution < 1.29 is 9.47 Å². The minimum absolute atomic E-state index is 0.224. The largest absolute Gasteiger partial charge is 0.497 e. The van der Waals surface area contributed by atoms with Gasteiger partial charge in [0.2, 0.25) is 5.13 Å². The smallest absolute Gasteiger partial charge is 0.301 e. The van der Waals surface area contributed by atoms with E-state index in [2.05, 4.69) is 20.3 Å². The molecule has 2 aromatic carbocycles. The van der Waals surface area contributed by atoms with Gasteiger partial charge in [0, 0.05) is 10.9 Å². The number of para-hydroxylation sites is 1. The van der Waals surface area contributed by atoms with E-state index in [1.54, 1.807) is 33.3 Å². The molecule has 0 atom stereocenters. The summed E-state index contributed by atoms with van der Waals surface area (Å²) in [4.78, 5) is 17.5. The Hall–Kier alpha value is -3.72. The molecule has 0 radical (unpaired) electrons. The van der Waals surface area contributed by atoms with E-state index in [-0.39, 0.29) is 11.2 Å². The molecule has 9 heteroatoms. The van der Waals surface area contributed by atoms with Gasteiger partial charge in [-0.2, -0.15) is 4.68 Å². The van der Waals surface area contributed by atoms with E-state index in [4.69, 9.17) is 9.47 Å². The molecule has 0 bridgehead atoms. The molecule has 0 saturated heterocycles. The van der Waals surface area contributed by atoms with E-state index in [0.717, 1.165) is 17.0 Å². The number of nitrogens with zero attached hydrogens (tertiary/aromatic N) is 4. The van der Waals surface area contributed by atoms with Gasteiger partial charge < -0.3 is 9.47 Å². The minimum Gasteiger partial charge on any atom is -0.497 e. The number of thiazole rings is 1. The second-order valence-corrected chi connectivity index (χ2v) is 7.18. The Morgan fingerprint density at radius 2 is 1.80 bits per heavy atom. The number of H-pyrrole nitrogens is 1. The lowest BCUT2D eigenvalue weighted by Gasteiger charge is -2.01. The highest BCUT2D eigenvalue weighted by molar-refractivity contribution is 7.12. The maximum absolute atomic E-state index is 12.9. The van der Waals surface area contributed by atoms with Crippen LogP contribution in [0.4, 0.5) is 11.4 Å². The molecule has 0 aliphatic heterocycles. The number of benzene rings is 2. The van der Waals surface area contributed by atoms with Crippen molar-refractivity contribution in [3.8, 4) is 27.9 Å². The van der Waals surface area contributed by atoms with Gasteiger partial charge in [-0.25, -0.2) is 4.98 Å². The van der Waals surface area contributed by atoms with Crippen LogP contribution in [0.1, 0.15) is 5.69 Å². The zero-order valence-electron chi connectivity index (χ0n) is 16.6. The fourth-order valence-electron chi connectivity index (χ4n) is 2.87. The molecule has 30 heavy (non-hydrogen) atoms. The first-order valence-corrected chi connectivity index (χ1v) is 9.95. The number of methoxy groups -OCH3 is 2.